The van der Waals surface area contributed by atoms with Crippen molar-refractivity contribution in [2.45, 2.75) is 44.4 Å². The van der Waals surface area contributed by atoms with Gasteiger partial charge < -0.3 is 4.90 Å². The Bertz CT molecular complexity index is 1260. The van der Waals surface area contributed by atoms with Crippen LogP contribution in [0.1, 0.15) is 38.2 Å². The van der Waals surface area contributed by atoms with Gasteiger partial charge in [0.1, 0.15) is 0 Å². The normalized spacial score (nSPS) is 15.6. The molecule has 1 N–H and O–H groups in total. The zero-order valence-electron chi connectivity index (χ0n) is 19.9. The van der Waals surface area contributed by atoms with E-state index in [1.807, 2.05) is 34.6 Å². The van der Waals surface area contributed by atoms with Crippen LogP contribution in [0.5, 0.6) is 0 Å². The zero-order valence-corrected chi connectivity index (χ0v) is 21.5. The number of carbonyl (C=O) groups excluding carboxylic acids is 1. The van der Waals surface area contributed by atoms with Gasteiger partial charge in [0.2, 0.25) is 20.0 Å². The van der Waals surface area contributed by atoms with Crippen LogP contribution < -0.4 is 4.72 Å². The first-order valence-electron chi connectivity index (χ1n) is 10.7. The van der Waals surface area contributed by atoms with Crippen molar-refractivity contribution in [1.29, 1.82) is 0 Å². The Morgan fingerprint density at radius 2 is 1.21 bits per heavy atom. The number of rotatable bonds is 5. The molecular weight excluding hydrogens is 462 g/mol. The Hall–Kier alpha value is -2.27. The Morgan fingerprint density at radius 3 is 1.67 bits per heavy atom. The summed E-state index contributed by atoms with van der Waals surface area (Å²) in [5, 5.41) is 0. The number of hydrogen-bond donors (Lipinski definition) is 1. The molecule has 3 rings (SSSR count). The molecule has 2 aromatic carbocycles. The minimum Gasteiger partial charge on any atom is -0.336 e. The first-order chi connectivity index (χ1) is 15.3. The summed E-state index contributed by atoms with van der Waals surface area (Å²) in [6, 6.07) is 5.71. The van der Waals surface area contributed by atoms with Crippen molar-refractivity contribution in [2.75, 3.05) is 33.2 Å². The van der Waals surface area contributed by atoms with E-state index in [9.17, 15) is 21.6 Å². The number of benzene rings is 2. The van der Waals surface area contributed by atoms with E-state index >= 15 is 0 Å². The van der Waals surface area contributed by atoms with Crippen molar-refractivity contribution >= 4 is 26.0 Å². The molecule has 10 heteroatoms. The van der Waals surface area contributed by atoms with Crippen LogP contribution in [0.4, 0.5) is 0 Å². The van der Waals surface area contributed by atoms with E-state index in [-0.39, 0.29) is 37.0 Å². The highest BCUT2D eigenvalue weighted by molar-refractivity contribution is 7.89. The smallest absolute Gasteiger partial charge is 0.253 e. The number of nitrogens with zero attached hydrogens (tertiary/aromatic N) is 2. The molecule has 8 nitrogen and oxygen atoms in total. The van der Waals surface area contributed by atoms with Crippen molar-refractivity contribution in [2.24, 2.45) is 0 Å². The lowest BCUT2D eigenvalue weighted by Gasteiger charge is -2.35. The van der Waals surface area contributed by atoms with Gasteiger partial charge in [-0.3, -0.25) is 4.79 Å². The fourth-order valence-corrected chi connectivity index (χ4v) is 6.90. The minimum atomic E-state index is -3.70. The highest BCUT2D eigenvalue weighted by Crippen LogP contribution is 2.32. The lowest BCUT2D eigenvalue weighted by molar-refractivity contribution is 0.0697. The molecule has 0 unspecified atom stereocenters. The fraction of sp³-hybridized carbons (Fsp3) is 0.435. The number of hydrogen-bond acceptors (Lipinski definition) is 5. The Kier molecular flexibility index (Phi) is 7.05. The third-order valence-corrected chi connectivity index (χ3v) is 10.3. The standard InChI is InChI=1S/C23H31N3O5S2/c1-15-16(2)18(4)22(19(5)17(15)3)33(30,31)26-13-11-25(12-14-26)23(27)20-7-9-21(10-8-20)32(28,29)24-6/h7-10,24H,11-14H2,1-6H3. The predicted octanol–water partition coefficient (Wildman–Crippen LogP) is 2.28. The van der Waals surface area contributed by atoms with Gasteiger partial charge in [-0.2, -0.15) is 4.31 Å². The molecule has 1 aliphatic rings. The largest absolute Gasteiger partial charge is 0.336 e. The van der Waals surface area contributed by atoms with Crippen molar-refractivity contribution in [3.05, 3.63) is 57.6 Å². The summed E-state index contributed by atoms with van der Waals surface area (Å²) in [5.41, 5.74) is 4.96. The van der Waals surface area contributed by atoms with Crippen molar-refractivity contribution in [1.82, 2.24) is 13.9 Å². The lowest BCUT2D eigenvalue weighted by atomic mass is 9.95. The molecule has 1 heterocycles. The molecule has 0 aliphatic carbocycles. The average Bonchev–Trinajstić information content (AvgIpc) is 2.81. The second-order valence-electron chi connectivity index (χ2n) is 8.38. The average molecular weight is 494 g/mol. The number of carbonyl (C=O) groups is 1. The van der Waals surface area contributed by atoms with Gasteiger partial charge in [-0.1, -0.05) is 0 Å². The van der Waals surface area contributed by atoms with Gasteiger partial charge >= 0.3 is 0 Å². The van der Waals surface area contributed by atoms with Crippen LogP contribution in [0.15, 0.2) is 34.1 Å². The summed E-state index contributed by atoms with van der Waals surface area (Å²) in [6.45, 7) is 10.5. The van der Waals surface area contributed by atoms with Crippen molar-refractivity contribution < 1.29 is 21.6 Å². The Labute approximate surface area is 196 Å². The predicted molar refractivity (Wildman–Crippen MR) is 127 cm³/mol. The van der Waals surface area contributed by atoms with Gasteiger partial charge in [0.05, 0.1) is 9.79 Å². The Morgan fingerprint density at radius 1 is 0.758 bits per heavy atom. The van der Waals surface area contributed by atoms with Gasteiger partial charge in [-0.25, -0.2) is 21.6 Å². The second kappa shape index (κ2) is 9.17. The molecule has 1 aliphatic heterocycles. The van der Waals surface area contributed by atoms with E-state index in [1.54, 1.807) is 4.90 Å². The first-order valence-corrected chi connectivity index (χ1v) is 13.6. The summed E-state index contributed by atoms with van der Waals surface area (Å²) in [5.74, 6) is -0.255. The maximum atomic E-state index is 13.5. The van der Waals surface area contributed by atoms with Crippen LogP contribution in [0, 0.1) is 34.6 Å². The molecule has 0 atom stereocenters. The van der Waals surface area contributed by atoms with Gasteiger partial charge in [-0.15, -0.1) is 0 Å². The number of nitrogens with one attached hydrogen (secondary N) is 1. The zero-order chi connectivity index (χ0) is 24.7. The van der Waals surface area contributed by atoms with Crippen LogP contribution >= 0.6 is 0 Å². The van der Waals surface area contributed by atoms with Gasteiger partial charge in [0.25, 0.3) is 5.91 Å². The monoisotopic (exact) mass is 493 g/mol. The van der Waals surface area contributed by atoms with Crippen LogP contribution in [0.2, 0.25) is 0 Å². The maximum Gasteiger partial charge on any atom is 0.253 e. The molecule has 0 bridgehead atoms. The third kappa shape index (κ3) is 4.57. The molecule has 0 spiro atoms. The first kappa shape index (κ1) is 25.4. The van der Waals surface area contributed by atoms with E-state index < -0.39 is 20.0 Å². The highest BCUT2D eigenvalue weighted by atomic mass is 32.2. The van der Waals surface area contributed by atoms with Crippen LogP contribution in [-0.2, 0) is 20.0 Å². The lowest BCUT2D eigenvalue weighted by Crippen LogP contribution is -2.50. The Balaban J connectivity index is 1.78. The molecule has 180 valence electrons. The van der Waals surface area contributed by atoms with E-state index in [0.29, 0.717) is 10.5 Å². The van der Waals surface area contributed by atoms with E-state index in [0.717, 1.165) is 27.8 Å². The summed E-state index contributed by atoms with van der Waals surface area (Å²) >= 11 is 0. The molecule has 2 aromatic rings. The van der Waals surface area contributed by atoms with Crippen LogP contribution in [0.25, 0.3) is 0 Å². The molecular formula is C23H31N3O5S2. The van der Waals surface area contributed by atoms with Crippen LogP contribution in [0.3, 0.4) is 0 Å². The number of piperazine rings is 1. The highest BCUT2D eigenvalue weighted by Gasteiger charge is 2.33. The number of sulfonamides is 2. The molecule has 0 saturated carbocycles. The fourth-order valence-electron chi connectivity index (χ4n) is 4.19. The summed E-state index contributed by atoms with van der Waals surface area (Å²) in [6.07, 6.45) is 0. The molecule has 1 amide bonds. The molecule has 0 radical (unpaired) electrons. The molecule has 1 fully saturated rings. The van der Waals surface area contributed by atoms with Crippen molar-refractivity contribution in [3.8, 4) is 0 Å². The summed E-state index contributed by atoms with van der Waals surface area (Å²) in [4.78, 5) is 14.9. The van der Waals surface area contributed by atoms with Crippen LogP contribution in [-0.4, -0.2) is 65.2 Å². The maximum absolute atomic E-state index is 13.5. The SMILES string of the molecule is CNS(=O)(=O)c1ccc(C(=O)N2CCN(S(=O)(=O)c3c(C)c(C)c(C)c(C)c3C)CC2)cc1. The van der Waals surface area contributed by atoms with Gasteiger partial charge in [0, 0.05) is 31.7 Å². The third-order valence-electron chi connectivity index (χ3n) is 6.74. The topological polar surface area (TPSA) is 104 Å². The van der Waals surface area contributed by atoms with E-state index in [1.165, 1.54) is 35.6 Å². The van der Waals surface area contributed by atoms with Gasteiger partial charge in [-0.05, 0) is 93.7 Å². The summed E-state index contributed by atoms with van der Waals surface area (Å²) in [7, 11) is -5.96. The quantitative estimate of drug-likeness (QED) is 0.688. The van der Waals surface area contributed by atoms with Gasteiger partial charge in [0.15, 0.2) is 0 Å². The van der Waals surface area contributed by atoms with E-state index in [4.69, 9.17) is 0 Å². The second-order valence-corrected chi connectivity index (χ2v) is 12.1. The summed E-state index contributed by atoms with van der Waals surface area (Å²) < 4.78 is 54.4. The van der Waals surface area contributed by atoms with E-state index in [2.05, 4.69) is 4.72 Å². The van der Waals surface area contributed by atoms with Crippen molar-refractivity contribution in [3.63, 3.8) is 0 Å². The minimum absolute atomic E-state index is 0.0758. The number of amides is 1. The molecule has 1 saturated heterocycles. The molecule has 0 aromatic heterocycles. The molecule has 33 heavy (non-hydrogen) atoms.